The molecule has 1 atom stereocenters. The number of alkyl halides is 3. The summed E-state index contributed by atoms with van der Waals surface area (Å²) >= 11 is 6.15. The largest absolute Gasteiger partial charge is 0.416 e. The highest BCUT2D eigenvalue weighted by Crippen LogP contribution is 2.29. The molecule has 0 unspecified atom stereocenters. The SMILES string of the molecule is CN=C(C(Cl)=CN)c1cc(NC(=O)c2ccc(C(F)(F)F)cc2)cnc1[C@@H](C)OC. The minimum Gasteiger partial charge on any atom is -0.403 e. The molecule has 1 heterocycles. The number of nitrogens with one attached hydrogen (secondary N) is 1. The Hall–Kier alpha value is -2.91. The van der Waals surface area contributed by atoms with Crippen molar-refractivity contribution in [2.24, 2.45) is 10.7 Å². The molecule has 0 aliphatic rings. The summed E-state index contributed by atoms with van der Waals surface area (Å²) in [5.74, 6) is -0.598. The molecule has 0 spiro atoms. The molecule has 0 radical (unpaired) electrons. The third-order valence-corrected chi connectivity index (χ3v) is 4.55. The lowest BCUT2D eigenvalue weighted by atomic mass is 10.0. The second-order valence-electron chi connectivity index (χ2n) is 6.15. The van der Waals surface area contributed by atoms with E-state index in [1.807, 2.05) is 0 Å². The number of allylic oxidation sites excluding steroid dienone is 1. The molecular weight excluding hydrogens is 421 g/mol. The zero-order valence-electron chi connectivity index (χ0n) is 16.4. The maximum Gasteiger partial charge on any atom is 0.416 e. The van der Waals surface area contributed by atoms with Crippen LogP contribution in [0.1, 0.15) is 40.2 Å². The van der Waals surface area contributed by atoms with Crippen LogP contribution in [0.4, 0.5) is 18.9 Å². The second kappa shape index (κ2) is 9.73. The van der Waals surface area contributed by atoms with Crippen molar-refractivity contribution in [1.29, 1.82) is 0 Å². The Morgan fingerprint density at radius 2 is 1.97 bits per heavy atom. The minimum absolute atomic E-state index is 0.0585. The number of aromatic nitrogens is 1. The smallest absolute Gasteiger partial charge is 0.403 e. The Labute approximate surface area is 176 Å². The van der Waals surface area contributed by atoms with Gasteiger partial charge in [-0.15, -0.1) is 0 Å². The third kappa shape index (κ3) is 5.37. The number of carbonyl (C=O) groups is 1. The molecule has 6 nitrogen and oxygen atoms in total. The number of rotatable bonds is 6. The van der Waals surface area contributed by atoms with Gasteiger partial charge in [0.1, 0.15) is 0 Å². The number of aliphatic imine (C=N–C) groups is 1. The van der Waals surface area contributed by atoms with Crippen molar-refractivity contribution in [3.63, 3.8) is 0 Å². The number of pyridine rings is 1. The summed E-state index contributed by atoms with van der Waals surface area (Å²) in [6.45, 7) is 1.78. The van der Waals surface area contributed by atoms with Crippen LogP contribution in [0.3, 0.4) is 0 Å². The highest BCUT2D eigenvalue weighted by atomic mass is 35.5. The van der Waals surface area contributed by atoms with E-state index in [-0.39, 0.29) is 10.6 Å². The van der Waals surface area contributed by atoms with Crippen molar-refractivity contribution >= 4 is 28.9 Å². The quantitative estimate of drug-likeness (QED) is 0.646. The number of hydrogen-bond acceptors (Lipinski definition) is 5. The van der Waals surface area contributed by atoms with Crippen LogP contribution in [-0.4, -0.2) is 30.8 Å². The van der Waals surface area contributed by atoms with Gasteiger partial charge in [-0.1, -0.05) is 11.6 Å². The number of amides is 1. The lowest BCUT2D eigenvalue weighted by Crippen LogP contribution is -2.16. The Morgan fingerprint density at radius 1 is 1.33 bits per heavy atom. The van der Waals surface area contributed by atoms with Crippen LogP contribution in [0.5, 0.6) is 0 Å². The number of carbonyl (C=O) groups excluding carboxylic acids is 1. The number of benzene rings is 1. The standard InChI is InChI=1S/C20H20ClF3N4O2/c1-11(30-3)17-15(18(26-2)16(21)9-25)8-14(10-27-17)28-19(29)12-4-6-13(7-5-12)20(22,23)24/h4-11H,25H2,1-3H3,(H,28,29)/t11-/m1/s1. The molecule has 1 aromatic carbocycles. The van der Waals surface area contributed by atoms with Gasteiger partial charge in [0.25, 0.3) is 5.91 Å². The number of anilines is 1. The first-order valence-electron chi connectivity index (χ1n) is 8.68. The van der Waals surface area contributed by atoms with Crippen LogP contribution in [0.25, 0.3) is 0 Å². The Bertz CT molecular complexity index is 973. The third-order valence-electron chi connectivity index (χ3n) is 4.24. The normalized spacial score (nSPS) is 13.8. The molecule has 30 heavy (non-hydrogen) atoms. The van der Waals surface area contributed by atoms with Gasteiger partial charge in [0.05, 0.1) is 40.0 Å². The molecule has 1 aromatic heterocycles. The summed E-state index contributed by atoms with van der Waals surface area (Å²) < 4.78 is 43.4. The summed E-state index contributed by atoms with van der Waals surface area (Å²) in [7, 11) is 3.04. The van der Waals surface area contributed by atoms with E-state index in [1.165, 1.54) is 26.6 Å². The van der Waals surface area contributed by atoms with E-state index in [2.05, 4.69) is 15.3 Å². The first kappa shape index (κ1) is 23.4. The van der Waals surface area contributed by atoms with Crippen LogP contribution in [0.2, 0.25) is 0 Å². The van der Waals surface area contributed by atoms with Gasteiger partial charge in [-0.2, -0.15) is 13.2 Å². The predicted molar refractivity (Wildman–Crippen MR) is 110 cm³/mol. The van der Waals surface area contributed by atoms with Crippen LogP contribution in [-0.2, 0) is 10.9 Å². The van der Waals surface area contributed by atoms with Crippen molar-refractivity contribution < 1.29 is 22.7 Å². The van der Waals surface area contributed by atoms with Gasteiger partial charge in [0.15, 0.2) is 0 Å². The zero-order chi connectivity index (χ0) is 22.5. The predicted octanol–water partition coefficient (Wildman–Crippen LogP) is 4.52. The number of halogens is 4. The molecule has 3 N–H and O–H groups in total. The van der Waals surface area contributed by atoms with Crippen LogP contribution in [0, 0.1) is 0 Å². The molecule has 160 valence electrons. The maximum absolute atomic E-state index is 12.7. The van der Waals surface area contributed by atoms with E-state index in [0.29, 0.717) is 22.7 Å². The van der Waals surface area contributed by atoms with E-state index in [9.17, 15) is 18.0 Å². The molecule has 0 aliphatic heterocycles. The maximum atomic E-state index is 12.7. The number of ether oxygens (including phenoxy) is 1. The summed E-state index contributed by atoms with van der Waals surface area (Å²) in [6, 6.07) is 5.47. The molecule has 0 aliphatic carbocycles. The van der Waals surface area contributed by atoms with Gasteiger partial charge in [0, 0.05) is 31.5 Å². The lowest BCUT2D eigenvalue weighted by molar-refractivity contribution is -0.137. The number of nitrogens with zero attached hydrogens (tertiary/aromatic N) is 2. The van der Waals surface area contributed by atoms with Crippen molar-refractivity contribution in [3.05, 3.63) is 70.1 Å². The fourth-order valence-electron chi connectivity index (χ4n) is 2.62. The van der Waals surface area contributed by atoms with E-state index in [4.69, 9.17) is 22.1 Å². The minimum atomic E-state index is -4.48. The summed E-state index contributed by atoms with van der Waals surface area (Å²) in [5, 5.41) is 2.78. The fraction of sp³-hybridized carbons (Fsp3) is 0.250. The van der Waals surface area contributed by atoms with Gasteiger partial charge < -0.3 is 15.8 Å². The van der Waals surface area contributed by atoms with Gasteiger partial charge in [-0.25, -0.2) is 0 Å². The molecule has 0 fully saturated rings. The van der Waals surface area contributed by atoms with Crippen LogP contribution < -0.4 is 11.1 Å². The zero-order valence-corrected chi connectivity index (χ0v) is 17.2. The highest BCUT2D eigenvalue weighted by Gasteiger charge is 2.30. The summed E-state index contributed by atoms with van der Waals surface area (Å²) in [5.41, 5.74) is 6.37. The Morgan fingerprint density at radius 3 is 2.47 bits per heavy atom. The molecular formula is C20H20ClF3N4O2. The first-order chi connectivity index (χ1) is 14.1. The molecule has 2 aromatic rings. The van der Waals surface area contributed by atoms with Gasteiger partial charge in [0.2, 0.25) is 0 Å². The first-order valence-corrected chi connectivity index (χ1v) is 9.06. The fourth-order valence-corrected chi connectivity index (χ4v) is 2.80. The van der Waals surface area contributed by atoms with E-state index in [1.54, 1.807) is 13.0 Å². The average molecular weight is 441 g/mol. The molecule has 0 bridgehead atoms. The van der Waals surface area contributed by atoms with Crippen molar-refractivity contribution in [2.75, 3.05) is 19.5 Å². The molecule has 0 saturated carbocycles. The average Bonchev–Trinajstić information content (AvgIpc) is 2.73. The number of nitrogens with two attached hydrogens (primary N) is 1. The van der Waals surface area contributed by atoms with Crippen LogP contribution >= 0.6 is 11.6 Å². The molecule has 10 heteroatoms. The Balaban J connectivity index is 2.38. The number of methoxy groups -OCH3 is 1. The van der Waals surface area contributed by atoms with E-state index < -0.39 is 23.8 Å². The van der Waals surface area contributed by atoms with E-state index in [0.717, 1.165) is 24.3 Å². The van der Waals surface area contributed by atoms with Crippen molar-refractivity contribution in [1.82, 2.24) is 4.98 Å². The van der Waals surface area contributed by atoms with Crippen molar-refractivity contribution in [2.45, 2.75) is 19.2 Å². The summed E-state index contributed by atoms with van der Waals surface area (Å²) in [4.78, 5) is 20.9. The Kier molecular flexibility index (Phi) is 7.58. The monoisotopic (exact) mass is 440 g/mol. The van der Waals surface area contributed by atoms with E-state index >= 15 is 0 Å². The second-order valence-corrected chi connectivity index (χ2v) is 6.56. The molecule has 2 rings (SSSR count). The highest BCUT2D eigenvalue weighted by molar-refractivity contribution is 6.46. The van der Waals surface area contributed by atoms with Crippen LogP contribution in [0.15, 0.2) is 52.8 Å². The lowest BCUT2D eigenvalue weighted by Gasteiger charge is -2.17. The topological polar surface area (TPSA) is 89.6 Å². The van der Waals surface area contributed by atoms with Gasteiger partial charge >= 0.3 is 6.18 Å². The molecule has 0 saturated heterocycles. The summed E-state index contributed by atoms with van der Waals surface area (Å²) in [6.07, 6.45) is -2.30. The van der Waals surface area contributed by atoms with Gasteiger partial charge in [-0.05, 0) is 37.3 Å². The van der Waals surface area contributed by atoms with Crippen molar-refractivity contribution in [3.8, 4) is 0 Å². The number of hydrogen-bond donors (Lipinski definition) is 2. The van der Waals surface area contributed by atoms with Gasteiger partial charge in [-0.3, -0.25) is 14.8 Å². The molecule has 1 amide bonds.